The van der Waals surface area contributed by atoms with Gasteiger partial charge in [0, 0.05) is 35.4 Å². The Balaban J connectivity index is 1.66. The van der Waals surface area contributed by atoms with E-state index >= 15 is 0 Å². The summed E-state index contributed by atoms with van der Waals surface area (Å²) in [4.78, 5) is 27.0. The molecule has 0 spiro atoms. The summed E-state index contributed by atoms with van der Waals surface area (Å²) in [7, 11) is -3.76. The smallest absolute Gasteiger partial charge is 0.261 e. The largest absolute Gasteiger partial charge is 0.354 e. The minimum atomic E-state index is -3.76. The molecule has 2 aromatic carbocycles. The number of benzene rings is 2. The van der Waals surface area contributed by atoms with Gasteiger partial charge in [-0.15, -0.1) is 0 Å². The van der Waals surface area contributed by atoms with Crippen LogP contribution >= 0.6 is 11.6 Å². The number of anilines is 1. The van der Waals surface area contributed by atoms with Crippen molar-refractivity contribution in [2.75, 3.05) is 17.8 Å². The number of amides is 2. The van der Waals surface area contributed by atoms with Gasteiger partial charge < -0.3 is 10.2 Å². The number of halogens is 1. The third-order valence-electron chi connectivity index (χ3n) is 5.02. The Bertz CT molecular complexity index is 1040. The second-order valence-corrected chi connectivity index (χ2v) is 10.0. The molecule has 1 heterocycles. The summed E-state index contributed by atoms with van der Waals surface area (Å²) in [6.07, 6.45) is 1.52. The monoisotopic (exact) mass is 463 g/mol. The average molecular weight is 464 g/mol. The third kappa shape index (κ3) is 5.98. The highest BCUT2D eigenvalue weighted by atomic mass is 35.5. The van der Waals surface area contributed by atoms with E-state index in [2.05, 4.69) is 10.0 Å². The Labute approximate surface area is 187 Å². The number of piperidine rings is 1. The standard InChI is InChI=1S/C22H26ClN3O4S/c1-15(2)24-21(27)17-4-3-13-26(14-17)22(28)16-5-9-19(10-6-16)25-31(29,30)20-11-7-18(23)8-12-20/h5-12,15,17,25H,3-4,13-14H2,1-2H3,(H,24,27)/t17-/m0/s1. The fraction of sp³-hybridized carbons (Fsp3) is 0.364. The molecule has 1 atom stereocenters. The Morgan fingerprint density at radius 2 is 1.71 bits per heavy atom. The molecule has 7 nitrogen and oxygen atoms in total. The zero-order valence-electron chi connectivity index (χ0n) is 17.5. The van der Waals surface area contributed by atoms with Crippen molar-refractivity contribution in [2.45, 2.75) is 37.6 Å². The fourth-order valence-electron chi connectivity index (χ4n) is 3.47. The van der Waals surface area contributed by atoms with Crippen molar-refractivity contribution < 1.29 is 18.0 Å². The molecule has 31 heavy (non-hydrogen) atoms. The molecule has 1 aliphatic heterocycles. The van der Waals surface area contributed by atoms with E-state index in [9.17, 15) is 18.0 Å². The summed E-state index contributed by atoms with van der Waals surface area (Å²) >= 11 is 5.81. The van der Waals surface area contributed by atoms with E-state index in [0.717, 1.165) is 12.8 Å². The van der Waals surface area contributed by atoms with Crippen molar-refractivity contribution in [3.63, 3.8) is 0 Å². The predicted molar refractivity (Wildman–Crippen MR) is 121 cm³/mol. The van der Waals surface area contributed by atoms with E-state index in [1.807, 2.05) is 13.8 Å². The molecular weight excluding hydrogens is 438 g/mol. The number of carbonyl (C=O) groups excluding carboxylic acids is 2. The molecule has 1 saturated heterocycles. The number of nitrogens with one attached hydrogen (secondary N) is 2. The lowest BCUT2D eigenvalue weighted by atomic mass is 9.96. The molecular formula is C22H26ClN3O4S. The summed E-state index contributed by atoms with van der Waals surface area (Å²) in [6.45, 7) is 4.79. The van der Waals surface area contributed by atoms with Gasteiger partial charge in [-0.2, -0.15) is 0 Å². The number of hydrogen-bond acceptors (Lipinski definition) is 4. The van der Waals surface area contributed by atoms with Gasteiger partial charge in [0.15, 0.2) is 0 Å². The van der Waals surface area contributed by atoms with E-state index in [1.165, 1.54) is 24.3 Å². The molecule has 0 bridgehead atoms. The highest BCUT2D eigenvalue weighted by molar-refractivity contribution is 7.92. The van der Waals surface area contributed by atoms with Gasteiger partial charge in [-0.25, -0.2) is 8.42 Å². The lowest BCUT2D eigenvalue weighted by Crippen LogP contribution is -2.46. The molecule has 0 unspecified atom stereocenters. The lowest BCUT2D eigenvalue weighted by molar-refractivity contribution is -0.126. The Kier molecular flexibility index (Phi) is 7.23. The zero-order valence-corrected chi connectivity index (χ0v) is 19.0. The van der Waals surface area contributed by atoms with Gasteiger partial charge in [0.2, 0.25) is 5.91 Å². The number of carbonyl (C=O) groups is 2. The lowest BCUT2D eigenvalue weighted by Gasteiger charge is -2.32. The van der Waals surface area contributed by atoms with Crippen LogP contribution in [0.1, 0.15) is 37.0 Å². The summed E-state index contributed by atoms with van der Waals surface area (Å²) in [6, 6.07) is 12.2. The van der Waals surface area contributed by atoms with Crippen LogP contribution in [0.25, 0.3) is 0 Å². The summed E-state index contributed by atoms with van der Waals surface area (Å²) in [5.74, 6) is -0.417. The van der Waals surface area contributed by atoms with E-state index in [0.29, 0.717) is 29.4 Å². The maximum atomic E-state index is 12.9. The van der Waals surface area contributed by atoms with E-state index in [4.69, 9.17) is 11.6 Å². The molecule has 1 aliphatic rings. The molecule has 166 valence electrons. The SMILES string of the molecule is CC(C)NC(=O)[C@H]1CCCN(C(=O)c2ccc(NS(=O)(=O)c3ccc(Cl)cc3)cc2)C1. The van der Waals surface area contributed by atoms with Gasteiger partial charge in [0.1, 0.15) is 0 Å². The van der Waals surface area contributed by atoms with Crippen LogP contribution in [0.5, 0.6) is 0 Å². The first kappa shape index (κ1) is 23.1. The van der Waals surface area contributed by atoms with Crippen LogP contribution in [0.15, 0.2) is 53.4 Å². The minimum absolute atomic E-state index is 0.0283. The van der Waals surface area contributed by atoms with Crippen molar-refractivity contribution in [2.24, 2.45) is 5.92 Å². The average Bonchev–Trinajstić information content (AvgIpc) is 2.73. The predicted octanol–water partition coefficient (Wildman–Crippen LogP) is 3.52. The summed E-state index contributed by atoms with van der Waals surface area (Å²) in [5.41, 5.74) is 0.790. The third-order valence-corrected chi connectivity index (χ3v) is 6.67. The minimum Gasteiger partial charge on any atom is -0.354 e. The fourth-order valence-corrected chi connectivity index (χ4v) is 4.65. The number of likely N-dealkylation sites (tertiary alicyclic amines) is 1. The number of sulfonamides is 1. The van der Waals surface area contributed by atoms with Crippen LogP contribution in [0.4, 0.5) is 5.69 Å². The van der Waals surface area contributed by atoms with Crippen LogP contribution < -0.4 is 10.0 Å². The van der Waals surface area contributed by atoms with Crippen LogP contribution in [0, 0.1) is 5.92 Å². The van der Waals surface area contributed by atoms with E-state index in [-0.39, 0.29) is 28.7 Å². The number of hydrogen-bond donors (Lipinski definition) is 2. The highest BCUT2D eigenvalue weighted by Gasteiger charge is 2.29. The molecule has 0 radical (unpaired) electrons. The molecule has 0 aliphatic carbocycles. The Morgan fingerprint density at radius 1 is 1.06 bits per heavy atom. The van der Waals surface area contributed by atoms with Crippen molar-refractivity contribution in [1.29, 1.82) is 0 Å². The Morgan fingerprint density at radius 3 is 2.32 bits per heavy atom. The van der Waals surface area contributed by atoms with E-state index < -0.39 is 10.0 Å². The molecule has 0 aromatic heterocycles. The second kappa shape index (κ2) is 9.70. The quantitative estimate of drug-likeness (QED) is 0.685. The summed E-state index contributed by atoms with van der Waals surface area (Å²) < 4.78 is 27.5. The molecule has 0 saturated carbocycles. The van der Waals surface area contributed by atoms with E-state index in [1.54, 1.807) is 29.2 Å². The molecule has 2 amide bonds. The van der Waals surface area contributed by atoms with Crippen molar-refractivity contribution >= 4 is 39.1 Å². The molecule has 9 heteroatoms. The van der Waals surface area contributed by atoms with Crippen molar-refractivity contribution in [3.05, 3.63) is 59.1 Å². The zero-order chi connectivity index (χ0) is 22.6. The van der Waals surface area contributed by atoms with Gasteiger partial charge >= 0.3 is 0 Å². The van der Waals surface area contributed by atoms with Crippen molar-refractivity contribution in [1.82, 2.24) is 10.2 Å². The topological polar surface area (TPSA) is 95.6 Å². The van der Waals surface area contributed by atoms with Gasteiger partial charge in [-0.3, -0.25) is 14.3 Å². The number of nitrogens with zero attached hydrogens (tertiary/aromatic N) is 1. The second-order valence-electron chi connectivity index (χ2n) is 7.89. The van der Waals surface area contributed by atoms with Gasteiger partial charge in [0.05, 0.1) is 10.8 Å². The summed E-state index contributed by atoms with van der Waals surface area (Å²) in [5, 5.41) is 3.36. The van der Waals surface area contributed by atoms with Crippen LogP contribution in [-0.2, 0) is 14.8 Å². The molecule has 2 N–H and O–H groups in total. The van der Waals surface area contributed by atoms with Gasteiger partial charge in [-0.05, 0) is 75.2 Å². The number of rotatable bonds is 6. The first-order valence-electron chi connectivity index (χ1n) is 10.1. The highest BCUT2D eigenvalue weighted by Crippen LogP contribution is 2.22. The van der Waals surface area contributed by atoms with Crippen molar-refractivity contribution in [3.8, 4) is 0 Å². The normalized spacial score (nSPS) is 16.8. The Hall–Kier alpha value is -2.58. The molecule has 2 aromatic rings. The van der Waals surface area contributed by atoms with Crippen LogP contribution in [0.2, 0.25) is 5.02 Å². The van der Waals surface area contributed by atoms with Crippen LogP contribution in [-0.4, -0.2) is 44.3 Å². The van der Waals surface area contributed by atoms with Gasteiger partial charge in [0.25, 0.3) is 15.9 Å². The maximum absolute atomic E-state index is 12.9. The van der Waals surface area contributed by atoms with Gasteiger partial charge in [-0.1, -0.05) is 11.6 Å². The first-order valence-corrected chi connectivity index (χ1v) is 12.0. The maximum Gasteiger partial charge on any atom is 0.261 e. The van der Waals surface area contributed by atoms with Crippen LogP contribution in [0.3, 0.4) is 0 Å². The first-order chi connectivity index (χ1) is 14.7. The molecule has 1 fully saturated rings. The molecule has 3 rings (SSSR count).